The average Bonchev–Trinajstić information content (AvgIpc) is 3.20. The molecule has 3 aromatic rings. The van der Waals surface area contributed by atoms with Crippen LogP contribution in [0, 0.1) is 13.8 Å². The third kappa shape index (κ3) is 4.60. The van der Waals surface area contributed by atoms with Gasteiger partial charge in [0.1, 0.15) is 5.69 Å². The van der Waals surface area contributed by atoms with Crippen molar-refractivity contribution in [2.45, 2.75) is 20.3 Å². The number of aromatic nitrogens is 2. The molecular weight excluding hydrogens is 452 g/mol. The third-order valence-electron chi connectivity index (χ3n) is 5.63. The number of nitrogens with zero attached hydrogens (tertiary/aromatic N) is 3. The number of amides is 3. The fourth-order valence-corrected chi connectivity index (χ4v) is 4.50. The fourth-order valence-electron chi connectivity index (χ4n) is 3.63. The van der Waals surface area contributed by atoms with Gasteiger partial charge >= 0.3 is 0 Å². The summed E-state index contributed by atoms with van der Waals surface area (Å²) in [6.45, 7) is 3.64. The summed E-state index contributed by atoms with van der Waals surface area (Å²) in [6, 6.07) is 16.7. The molecule has 1 aliphatic heterocycles. The van der Waals surface area contributed by atoms with Crippen molar-refractivity contribution in [3.8, 4) is 5.69 Å². The summed E-state index contributed by atoms with van der Waals surface area (Å²) in [7, 11) is 1.74. The van der Waals surface area contributed by atoms with Crippen molar-refractivity contribution in [2.75, 3.05) is 11.9 Å². The molecule has 1 aliphatic rings. The highest BCUT2D eigenvalue weighted by molar-refractivity contribution is 8.18. The van der Waals surface area contributed by atoms with Crippen LogP contribution in [0.1, 0.15) is 23.2 Å². The number of carbonyl (C=O) groups excluding carboxylic acids is 3. The highest BCUT2D eigenvalue weighted by atomic mass is 32.2. The summed E-state index contributed by atoms with van der Waals surface area (Å²) >= 11 is 0.854. The Balaban J connectivity index is 1.44. The van der Waals surface area contributed by atoms with E-state index in [0.717, 1.165) is 27.8 Å². The van der Waals surface area contributed by atoms with Crippen LogP contribution in [-0.2, 0) is 16.6 Å². The molecule has 0 unspecified atom stereocenters. The zero-order chi connectivity index (χ0) is 24.4. The molecule has 0 spiro atoms. The van der Waals surface area contributed by atoms with Crippen molar-refractivity contribution in [3.63, 3.8) is 0 Å². The molecule has 1 saturated heterocycles. The van der Waals surface area contributed by atoms with Gasteiger partial charge < -0.3 is 5.32 Å². The normalized spacial score (nSPS) is 14.8. The summed E-state index contributed by atoms with van der Waals surface area (Å²) in [5, 5.41) is 2.24. The van der Waals surface area contributed by atoms with Gasteiger partial charge in [-0.2, -0.15) is 0 Å². The predicted molar refractivity (Wildman–Crippen MR) is 133 cm³/mol. The largest absolute Gasteiger partial charge is 0.320 e. The van der Waals surface area contributed by atoms with Crippen molar-refractivity contribution in [1.82, 2.24) is 14.3 Å². The Hall–Kier alpha value is -3.85. The highest BCUT2D eigenvalue weighted by Crippen LogP contribution is 2.32. The SMILES string of the molecule is Cc1ccc(/C=C2/SC(=O)N(CCC(=O)Nc3c(C)n(C)n(-c4ccccc4)c3=O)C2=O)cc1. The number of hydrogen-bond donors (Lipinski definition) is 1. The van der Waals surface area contributed by atoms with Crippen LogP contribution in [0.4, 0.5) is 10.5 Å². The van der Waals surface area contributed by atoms with Gasteiger partial charge in [0.05, 0.1) is 16.3 Å². The van der Waals surface area contributed by atoms with Gasteiger partial charge in [0.25, 0.3) is 16.7 Å². The van der Waals surface area contributed by atoms with E-state index in [2.05, 4.69) is 5.32 Å². The van der Waals surface area contributed by atoms with E-state index in [1.54, 1.807) is 36.9 Å². The van der Waals surface area contributed by atoms with E-state index in [0.29, 0.717) is 16.3 Å². The summed E-state index contributed by atoms with van der Waals surface area (Å²) in [6.07, 6.45) is 1.55. The Bertz CT molecular complexity index is 1350. The minimum atomic E-state index is -0.451. The molecule has 1 N–H and O–H groups in total. The van der Waals surface area contributed by atoms with E-state index >= 15 is 0 Å². The smallest absolute Gasteiger partial charge is 0.295 e. The standard InChI is InChI=1S/C25H24N4O4S/c1-16-9-11-18(12-10-16)15-20-23(31)28(25(33)34-20)14-13-21(30)26-22-17(2)27(3)29(24(22)32)19-7-5-4-6-8-19/h4-12,15H,13-14H2,1-3H3,(H,26,30)/b20-15+. The average molecular weight is 477 g/mol. The number of aryl methyl sites for hydroxylation is 1. The van der Waals surface area contributed by atoms with E-state index < -0.39 is 17.1 Å². The molecule has 34 heavy (non-hydrogen) atoms. The first-order valence-corrected chi connectivity index (χ1v) is 11.5. The monoisotopic (exact) mass is 476 g/mol. The molecule has 0 aliphatic carbocycles. The second-order valence-electron chi connectivity index (χ2n) is 7.98. The minimum absolute atomic E-state index is 0.0690. The zero-order valence-corrected chi connectivity index (χ0v) is 19.9. The number of benzene rings is 2. The molecule has 0 saturated carbocycles. The maximum atomic E-state index is 12.9. The third-order valence-corrected chi connectivity index (χ3v) is 6.54. The molecule has 3 amide bonds. The molecule has 2 aromatic carbocycles. The second-order valence-corrected chi connectivity index (χ2v) is 8.97. The van der Waals surface area contributed by atoms with Crippen LogP contribution in [-0.4, -0.2) is 37.9 Å². The van der Waals surface area contributed by atoms with Crippen LogP contribution >= 0.6 is 11.8 Å². The molecule has 2 heterocycles. The lowest BCUT2D eigenvalue weighted by molar-refractivity contribution is -0.123. The van der Waals surface area contributed by atoms with E-state index in [-0.39, 0.29) is 24.2 Å². The second kappa shape index (κ2) is 9.56. The number of rotatable bonds is 6. The Morgan fingerprint density at radius 1 is 1.00 bits per heavy atom. The van der Waals surface area contributed by atoms with Crippen LogP contribution in [0.5, 0.6) is 0 Å². The predicted octanol–water partition coefficient (Wildman–Crippen LogP) is 3.86. The van der Waals surface area contributed by atoms with Gasteiger partial charge in [-0.3, -0.25) is 28.8 Å². The quantitative estimate of drug-likeness (QED) is 0.546. The van der Waals surface area contributed by atoms with Crippen molar-refractivity contribution in [1.29, 1.82) is 0 Å². The molecule has 174 valence electrons. The summed E-state index contributed by atoms with van der Waals surface area (Å²) in [5.74, 6) is -0.877. The highest BCUT2D eigenvalue weighted by Gasteiger charge is 2.35. The van der Waals surface area contributed by atoms with Crippen LogP contribution in [0.3, 0.4) is 0 Å². The topological polar surface area (TPSA) is 93.4 Å². The molecule has 0 atom stereocenters. The first kappa shape index (κ1) is 23.3. The Labute approximate surface area is 200 Å². The molecule has 0 bridgehead atoms. The molecule has 8 nitrogen and oxygen atoms in total. The van der Waals surface area contributed by atoms with E-state index in [4.69, 9.17) is 0 Å². The van der Waals surface area contributed by atoms with Crippen LogP contribution in [0.2, 0.25) is 0 Å². The van der Waals surface area contributed by atoms with Gasteiger partial charge in [-0.25, -0.2) is 4.68 Å². The lowest BCUT2D eigenvalue weighted by Crippen LogP contribution is -2.32. The van der Waals surface area contributed by atoms with Crippen LogP contribution < -0.4 is 10.9 Å². The van der Waals surface area contributed by atoms with Gasteiger partial charge in [0.15, 0.2) is 0 Å². The van der Waals surface area contributed by atoms with Crippen molar-refractivity contribution in [2.24, 2.45) is 7.05 Å². The van der Waals surface area contributed by atoms with E-state index in [1.165, 1.54) is 4.68 Å². The van der Waals surface area contributed by atoms with Crippen molar-refractivity contribution in [3.05, 3.63) is 86.7 Å². The molecule has 0 radical (unpaired) electrons. The summed E-state index contributed by atoms with van der Waals surface area (Å²) in [5.41, 5.74) is 3.01. The lowest BCUT2D eigenvalue weighted by Gasteiger charge is -2.12. The number of carbonyl (C=O) groups is 3. The minimum Gasteiger partial charge on any atom is -0.320 e. The van der Waals surface area contributed by atoms with Gasteiger partial charge in [-0.1, -0.05) is 48.0 Å². The molecule has 4 rings (SSSR count). The number of nitrogens with one attached hydrogen (secondary N) is 1. The lowest BCUT2D eigenvalue weighted by atomic mass is 10.1. The molecule has 9 heteroatoms. The van der Waals surface area contributed by atoms with Gasteiger partial charge in [0, 0.05) is 20.0 Å². The van der Waals surface area contributed by atoms with Crippen LogP contribution in [0.15, 0.2) is 64.3 Å². The summed E-state index contributed by atoms with van der Waals surface area (Å²) < 4.78 is 3.14. The number of imide groups is 1. The number of thioether (sulfide) groups is 1. The van der Waals surface area contributed by atoms with E-state index in [9.17, 15) is 19.2 Å². The van der Waals surface area contributed by atoms with Gasteiger partial charge in [-0.05, 0) is 49.4 Å². The van der Waals surface area contributed by atoms with Gasteiger partial charge in [-0.15, -0.1) is 0 Å². The Morgan fingerprint density at radius 3 is 2.35 bits per heavy atom. The first-order chi connectivity index (χ1) is 16.3. The van der Waals surface area contributed by atoms with E-state index in [1.807, 2.05) is 49.4 Å². The molecule has 1 fully saturated rings. The summed E-state index contributed by atoms with van der Waals surface area (Å²) in [4.78, 5) is 52.0. The Kier molecular flexibility index (Phi) is 6.56. The van der Waals surface area contributed by atoms with Crippen molar-refractivity contribution >= 4 is 40.6 Å². The number of anilines is 1. The molecule has 1 aromatic heterocycles. The number of hydrogen-bond acceptors (Lipinski definition) is 5. The maximum Gasteiger partial charge on any atom is 0.295 e. The fraction of sp³-hybridized carbons (Fsp3) is 0.200. The van der Waals surface area contributed by atoms with Gasteiger partial charge in [0.2, 0.25) is 5.91 Å². The Morgan fingerprint density at radius 2 is 1.68 bits per heavy atom. The maximum absolute atomic E-state index is 12.9. The molecular formula is C25H24N4O4S. The zero-order valence-electron chi connectivity index (χ0n) is 19.1. The number of para-hydroxylation sites is 1. The van der Waals surface area contributed by atoms with Crippen LogP contribution in [0.25, 0.3) is 11.8 Å². The van der Waals surface area contributed by atoms with Crippen molar-refractivity contribution < 1.29 is 14.4 Å². The first-order valence-electron chi connectivity index (χ1n) is 10.7.